The Morgan fingerprint density at radius 1 is 1.32 bits per heavy atom. The molecule has 11 heteroatoms. The average Bonchev–Trinajstić information content (AvgIpc) is 3.08. The summed E-state index contributed by atoms with van der Waals surface area (Å²) in [4.78, 5) is 21.6. The van der Waals surface area contributed by atoms with Crippen molar-refractivity contribution in [2.75, 3.05) is 18.0 Å². The van der Waals surface area contributed by atoms with Gasteiger partial charge in [-0.25, -0.2) is 14.6 Å². The quantitative estimate of drug-likeness (QED) is 0.602. The standard InChI is InChI=1S/C17H16BrN7O3/c1-10-2-3-13(18)14(4-10)28-12-7-24(8-12)17-19-5-11(6-20-17)16-21-22-23-25(16)9-15(26)27/h2-6,12H,7-9H2,1H3,(H,26,27). The largest absolute Gasteiger partial charge is 0.486 e. The number of hydrogen-bond donors (Lipinski definition) is 1. The zero-order chi connectivity index (χ0) is 19.7. The maximum absolute atomic E-state index is 10.9. The fourth-order valence-corrected chi connectivity index (χ4v) is 3.14. The van der Waals surface area contributed by atoms with Crippen LogP contribution in [0.1, 0.15) is 5.56 Å². The van der Waals surface area contributed by atoms with Crippen molar-refractivity contribution < 1.29 is 14.6 Å². The zero-order valence-corrected chi connectivity index (χ0v) is 16.4. The number of aliphatic carboxylic acids is 1. The van der Waals surface area contributed by atoms with Gasteiger partial charge in [0.2, 0.25) is 5.95 Å². The number of benzene rings is 1. The van der Waals surface area contributed by atoms with Crippen LogP contribution in [-0.4, -0.2) is 60.4 Å². The number of ether oxygens (including phenoxy) is 1. The number of carboxylic acid groups (broad SMARTS) is 1. The first kappa shape index (κ1) is 18.3. The van der Waals surface area contributed by atoms with Gasteiger partial charge in [-0.05, 0) is 51.0 Å². The van der Waals surface area contributed by atoms with E-state index in [1.807, 2.05) is 30.0 Å². The SMILES string of the molecule is Cc1ccc(Br)c(OC2CN(c3ncc(-c4nnnn4CC(=O)O)cn3)C2)c1. The number of aryl methyl sites for hydroxylation is 1. The predicted octanol–water partition coefficient (Wildman–Crippen LogP) is 1.55. The first-order chi connectivity index (χ1) is 13.5. The van der Waals surface area contributed by atoms with Crippen molar-refractivity contribution in [2.24, 2.45) is 0 Å². The van der Waals surface area contributed by atoms with E-state index in [1.165, 1.54) is 4.68 Å². The molecule has 28 heavy (non-hydrogen) atoms. The van der Waals surface area contributed by atoms with Crippen LogP contribution in [0.3, 0.4) is 0 Å². The molecule has 1 N–H and O–H groups in total. The number of tetrazole rings is 1. The molecule has 0 amide bonds. The summed E-state index contributed by atoms with van der Waals surface area (Å²) in [5.74, 6) is 0.677. The van der Waals surface area contributed by atoms with E-state index < -0.39 is 5.97 Å². The summed E-state index contributed by atoms with van der Waals surface area (Å²) in [6.45, 7) is 3.05. The zero-order valence-electron chi connectivity index (χ0n) is 14.9. The molecule has 3 aromatic rings. The first-order valence-corrected chi connectivity index (χ1v) is 9.27. The number of carboxylic acids is 1. The van der Waals surface area contributed by atoms with E-state index in [1.54, 1.807) is 12.4 Å². The monoisotopic (exact) mass is 445 g/mol. The lowest BCUT2D eigenvalue weighted by atomic mass is 10.1. The second-order valence-electron chi connectivity index (χ2n) is 6.40. The molecule has 2 aromatic heterocycles. The number of hydrogen-bond acceptors (Lipinski definition) is 8. The minimum Gasteiger partial charge on any atom is -0.486 e. The van der Waals surface area contributed by atoms with Gasteiger partial charge in [0.25, 0.3) is 0 Å². The lowest BCUT2D eigenvalue weighted by Crippen LogP contribution is -2.54. The van der Waals surface area contributed by atoms with Crippen LogP contribution in [0.4, 0.5) is 5.95 Å². The first-order valence-electron chi connectivity index (χ1n) is 8.48. The molecule has 1 aliphatic heterocycles. The van der Waals surface area contributed by atoms with E-state index in [9.17, 15) is 4.79 Å². The normalized spacial score (nSPS) is 14.0. The summed E-state index contributed by atoms with van der Waals surface area (Å²) in [7, 11) is 0. The van der Waals surface area contributed by atoms with E-state index in [0.29, 0.717) is 30.4 Å². The smallest absolute Gasteiger partial charge is 0.325 e. The minimum absolute atomic E-state index is 0.0595. The van der Waals surface area contributed by atoms with E-state index in [-0.39, 0.29) is 12.6 Å². The lowest BCUT2D eigenvalue weighted by molar-refractivity contribution is -0.137. The molecular weight excluding hydrogens is 430 g/mol. The van der Waals surface area contributed by atoms with E-state index in [4.69, 9.17) is 9.84 Å². The highest BCUT2D eigenvalue weighted by molar-refractivity contribution is 9.10. The van der Waals surface area contributed by atoms with Crippen LogP contribution < -0.4 is 9.64 Å². The van der Waals surface area contributed by atoms with Gasteiger partial charge in [-0.2, -0.15) is 0 Å². The van der Waals surface area contributed by atoms with Crippen LogP contribution in [0.15, 0.2) is 35.1 Å². The Bertz CT molecular complexity index is 1000. The minimum atomic E-state index is -1.03. The van der Waals surface area contributed by atoms with E-state index in [0.717, 1.165) is 15.8 Å². The second kappa shape index (κ2) is 7.50. The molecule has 0 spiro atoms. The summed E-state index contributed by atoms with van der Waals surface area (Å²) < 4.78 is 8.13. The number of anilines is 1. The summed E-state index contributed by atoms with van der Waals surface area (Å²) in [6, 6.07) is 5.99. The molecule has 1 fully saturated rings. The Kier molecular flexibility index (Phi) is 4.90. The Morgan fingerprint density at radius 3 is 2.79 bits per heavy atom. The van der Waals surface area contributed by atoms with Gasteiger partial charge in [0.05, 0.1) is 23.1 Å². The van der Waals surface area contributed by atoms with Gasteiger partial charge in [-0.15, -0.1) is 5.10 Å². The molecule has 1 aliphatic rings. The van der Waals surface area contributed by atoms with E-state index in [2.05, 4.69) is 41.4 Å². The van der Waals surface area contributed by atoms with Crippen molar-refractivity contribution in [3.05, 3.63) is 40.6 Å². The highest BCUT2D eigenvalue weighted by Gasteiger charge is 2.31. The van der Waals surface area contributed by atoms with Gasteiger partial charge in [-0.3, -0.25) is 4.79 Å². The van der Waals surface area contributed by atoms with Crippen LogP contribution in [-0.2, 0) is 11.3 Å². The highest BCUT2D eigenvalue weighted by atomic mass is 79.9. The summed E-state index contributed by atoms with van der Waals surface area (Å²) in [5.41, 5.74) is 1.69. The van der Waals surface area contributed by atoms with Gasteiger partial charge in [0, 0.05) is 12.4 Å². The van der Waals surface area contributed by atoms with Crippen LogP contribution in [0.25, 0.3) is 11.4 Å². The van der Waals surface area contributed by atoms with Crippen molar-refractivity contribution in [1.29, 1.82) is 0 Å². The van der Waals surface area contributed by atoms with Crippen molar-refractivity contribution in [2.45, 2.75) is 19.6 Å². The van der Waals surface area contributed by atoms with Gasteiger partial charge in [-0.1, -0.05) is 6.07 Å². The molecule has 1 saturated heterocycles. The molecule has 3 heterocycles. The lowest BCUT2D eigenvalue weighted by Gasteiger charge is -2.39. The van der Waals surface area contributed by atoms with Gasteiger partial charge in [0.15, 0.2) is 5.82 Å². The Balaban J connectivity index is 1.39. The third-order valence-electron chi connectivity index (χ3n) is 4.22. The Morgan fingerprint density at radius 2 is 2.07 bits per heavy atom. The van der Waals surface area contributed by atoms with Crippen LogP contribution in [0.5, 0.6) is 5.75 Å². The van der Waals surface area contributed by atoms with Gasteiger partial charge in [0.1, 0.15) is 18.4 Å². The second-order valence-corrected chi connectivity index (χ2v) is 7.26. The highest BCUT2D eigenvalue weighted by Crippen LogP contribution is 2.29. The number of aromatic nitrogens is 6. The third kappa shape index (κ3) is 3.79. The number of carbonyl (C=O) groups is 1. The molecule has 0 atom stereocenters. The van der Waals surface area contributed by atoms with Crippen LogP contribution in [0, 0.1) is 6.92 Å². The predicted molar refractivity (Wildman–Crippen MR) is 102 cm³/mol. The topological polar surface area (TPSA) is 119 Å². The maximum atomic E-state index is 10.9. The number of halogens is 1. The van der Waals surface area contributed by atoms with Crippen LogP contribution >= 0.6 is 15.9 Å². The van der Waals surface area contributed by atoms with Gasteiger partial charge < -0.3 is 14.7 Å². The molecule has 144 valence electrons. The third-order valence-corrected chi connectivity index (χ3v) is 4.88. The van der Waals surface area contributed by atoms with Crippen LogP contribution in [0.2, 0.25) is 0 Å². The Labute approximate surface area is 168 Å². The average molecular weight is 446 g/mol. The molecule has 0 bridgehead atoms. The molecule has 0 saturated carbocycles. The molecule has 0 unspecified atom stereocenters. The molecule has 10 nitrogen and oxygen atoms in total. The number of rotatable bonds is 6. The maximum Gasteiger partial charge on any atom is 0.325 e. The fourth-order valence-electron chi connectivity index (χ4n) is 2.80. The summed E-state index contributed by atoms with van der Waals surface area (Å²) >= 11 is 3.50. The van der Waals surface area contributed by atoms with Crippen molar-refractivity contribution in [3.63, 3.8) is 0 Å². The fraction of sp³-hybridized carbons (Fsp3) is 0.294. The van der Waals surface area contributed by atoms with Gasteiger partial charge >= 0.3 is 5.97 Å². The Hall–Kier alpha value is -3.08. The molecule has 0 radical (unpaired) electrons. The molecule has 0 aliphatic carbocycles. The molecule has 1 aromatic carbocycles. The van der Waals surface area contributed by atoms with E-state index >= 15 is 0 Å². The van der Waals surface area contributed by atoms with Crippen molar-refractivity contribution in [1.82, 2.24) is 30.2 Å². The number of nitrogens with zero attached hydrogens (tertiary/aromatic N) is 7. The molecule has 4 rings (SSSR count). The summed E-state index contributed by atoms with van der Waals surface area (Å²) in [5, 5.41) is 19.9. The summed E-state index contributed by atoms with van der Waals surface area (Å²) in [6.07, 6.45) is 3.22. The molecular formula is C17H16BrN7O3. The van der Waals surface area contributed by atoms with Crippen molar-refractivity contribution in [3.8, 4) is 17.1 Å². The van der Waals surface area contributed by atoms with Crippen molar-refractivity contribution >= 4 is 27.8 Å².